The molecule has 0 saturated carbocycles. The van der Waals surface area contributed by atoms with E-state index in [0.717, 1.165) is 18.6 Å². The van der Waals surface area contributed by atoms with E-state index >= 15 is 0 Å². The molecule has 80 valence electrons. The lowest BCUT2D eigenvalue weighted by Crippen LogP contribution is -2.06. The Morgan fingerprint density at radius 1 is 1.20 bits per heavy atom. The van der Waals surface area contributed by atoms with Crippen LogP contribution in [0.25, 0.3) is 0 Å². The summed E-state index contributed by atoms with van der Waals surface area (Å²) in [4.78, 5) is 15.2. The Morgan fingerprint density at radius 3 is 2.33 bits per heavy atom. The van der Waals surface area contributed by atoms with Crippen molar-refractivity contribution >= 4 is 11.8 Å². The maximum Gasteiger partial charge on any atom is 0.438 e. The molecule has 0 spiro atoms. The molecule has 0 unspecified atom stereocenters. The molecular weight excluding hydrogens is 190 g/mol. The third-order valence-electron chi connectivity index (χ3n) is 2.01. The smallest absolute Gasteiger partial charge is 0.409 e. The van der Waals surface area contributed by atoms with Crippen LogP contribution in [0.5, 0.6) is 5.75 Å². The Morgan fingerprint density at radius 2 is 1.80 bits per heavy atom. The van der Waals surface area contributed by atoms with E-state index in [1.807, 2.05) is 32.0 Å². The molecule has 0 radical (unpaired) electrons. The maximum atomic E-state index is 11.3. The normalized spacial score (nSPS) is 9.47. The minimum atomic E-state index is -0.542. The average molecular weight is 205 g/mol. The zero-order valence-corrected chi connectivity index (χ0v) is 9.06. The molecule has 15 heavy (non-hydrogen) atoms. The molecule has 0 fully saturated rings. The van der Waals surface area contributed by atoms with E-state index in [-0.39, 0.29) is 0 Å². The van der Waals surface area contributed by atoms with Crippen molar-refractivity contribution in [3.8, 4) is 5.75 Å². The molecule has 3 nitrogen and oxygen atoms in total. The van der Waals surface area contributed by atoms with E-state index in [2.05, 4.69) is 4.99 Å². The number of para-hydroxylation sites is 1. The van der Waals surface area contributed by atoms with Crippen molar-refractivity contribution in [1.82, 2.24) is 0 Å². The highest BCUT2D eigenvalue weighted by molar-refractivity contribution is 5.93. The largest absolute Gasteiger partial charge is 0.438 e. The number of benzene rings is 1. The van der Waals surface area contributed by atoms with Gasteiger partial charge in [0.2, 0.25) is 0 Å². The van der Waals surface area contributed by atoms with Gasteiger partial charge in [-0.2, -0.15) is 4.99 Å². The summed E-state index contributed by atoms with van der Waals surface area (Å²) in [5, 5.41) is 0. The standard InChI is InChI=1S/C12H15NO2/c1-3-10(4-2)13-12(14)15-11-8-6-5-7-9-11/h5-9H,3-4H2,1-2H3. The summed E-state index contributed by atoms with van der Waals surface area (Å²) in [6.45, 7) is 3.94. The lowest BCUT2D eigenvalue weighted by atomic mass is 10.2. The highest BCUT2D eigenvalue weighted by atomic mass is 16.5. The van der Waals surface area contributed by atoms with Crippen molar-refractivity contribution in [2.75, 3.05) is 0 Å². The molecule has 0 aliphatic carbocycles. The van der Waals surface area contributed by atoms with Gasteiger partial charge in [-0.15, -0.1) is 0 Å². The SMILES string of the molecule is CCC(CC)=NC(=O)Oc1ccccc1. The summed E-state index contributed by atoms with van der Waals surface area (Å²) < 4.78 is 5.02. The lowest BCUT2D eigenvalue weighted by Gasteiger charge is -2.01. The second-order valence-corrected chi connectivity index (χ2v) is 3.07. The number of carbonyl (C=O) groups excluding carboxylic acids is 1. The topological polar surface area (TPSA) is 38.7 Å². The summed E-state index contributed by atoms with van der Waals surface area (Å²) in [5.41, 5.74) is 0.857. The van der Waals surface area contributed by atoms with Crippen LogP contribution in [0.15, 0.2) is 35.3 Å². The Kier molecular flexibility index (Phi) is 4.54. The summed E-state index contributed by atoms with van der Waals surface area (Å²) in [6, 6.07) is 8.94. The molecule has 1 rings (SSSR count). The molecule has 0 saturated heterocycles. The molecule has 0 heterocycles. The van der Waals surface area contributed by atoms with E-state index in [9.17, 15) is 4.79 Å². The molecule has 0 N–H and O–H groups in total. The van der Waals surface area contributed by atoms with Crippen molar-refractivity contribution in [3.05, 3.63) is 30.3 Å². The van der Waals surface area contributed by atoms with Gasteiger partial charge >= 0.3 is 6.09 Å². The molecule has 1 aromatic rings. The van der Waals surface area contributed by atoms with Crippen molar-refractivity contribution < 1.29 is 9.53 Å². The Bertz CT molecular complexity index is 338. The van der Waals surface area contributed by atoms with Gasteiger partial charge in [0.15, 0.2) is 0 Å². The Hall–Kier alpha value is -1.64. The first-order valence-electron chi connectivity index (χ1n) is 5.09. The molecule has 0 aromatic heterocycles. The number of hydrogen-bond donors (Lipinski definition) is 0. The fraction of sp³-hybridized carbons (Fsp3) is 0.333. The molecule has 0 atom stereocenters. The number of amides is 1. The first kappa shape index (κ1) is 11.4. The van der Waals surface area contributed by atoms with Gasteiger partial charge in [0.25, 0.3) is 0 Å². The van der Waals surface area contributed by atoms with Crippen LogP contribution < -0.4 is 4.74 Å². The van der Waals surface area contributed by atoms with Crippen molar-refractivity contribution in [1.29, 1.82) is 0 Å². The third kappa shape index (κ3) is 3.94. The molecule has 1 amide bonds. The monoisotopic (exact) mass is 205 g/mol. The number of hydrogen-bond acceptors (Lipinski definition) is 2. The number of aliphatic imine (C=N–C) groups is 1. The van der Waals surface area contributed by atoms with Crippen LogP contribution in [-0.4, -0.2) is 11.8 Å². The number of rotatable bonds is 3. The van der Waals surface area contributed by atoms with Gasteiger partial charge in [-0.25, -0.2) is 4.79 Å². The Balaban J connectivity index is 2.60. The second kappa shape index (κ2) is 5.96. The van der Waals surface area contributed by atoms with Crippen LogP contribution in [0, 0.1) is 0 Å². The van der Waals surface area contributed by atoms with Gasteiger partial charge in [0.1, 0.15) is 5.75 Å². The fourth-order valence-corrected chi connectivity index (χ4v) is 1.15. The lowest BCUT2D eigenvalue weighted by molar-refractivity contribution is 0.211. The molecule has 3 heteroatoms. The van der Waals surface area contributed by atoms with E-state index < -0.39 is 6.09 Å². The van der Waals surface area contributed by atoms with Crippen LogP contribution in [0.3, 0.4) is 0 Å². The quantitative estimate of drug-likeness (QED) is 0.709. The van der Waals surface area contributed by atoms with E-state index in [0.29, 0.717) is 5.75 Å². The number of carbonyl (C=O) groups is 1. The van der Waals surface area contributed by atoms with Gasteiger partial charge in [-0.1, -0.05) is 32.0 Å². The summed E-state index contributed by atoms with van der Waals surface area (Å²) >= 11 is 0. The van der Waals surface area contributed by atoms with Crippen molar-refractivity contribution in [3.63, 3.8) is 0 Å². The fourth-order valence-electron chi connectivity index (χ4n) is 1.15. The summed E-state index contributed by atoms with van der Waals surface area (Å²) in [6.07, 6.45) is 1.01. The average Bonchev–Trinajstić information content (AvgIpc) is 2.27. The van der Waals surface area contributed by atoms with Gasteiger partial charge in [-0.05, 0) is 25.0 Å². The highest BCUT2D eigenvalue weighted by Gasteiger charge is 2.03. The van der Waals surface area contributed by atoms with E-state index in [1.165, 1.54) is 0 Å². The van der Waals surface area contributed by atoms with Crippen LogP contribution in [0.4, 0.5) is 4.79 Å². The maximum absolute atomic E-state index is 11.3. The van der Waals surface area contributed by atoms with E-state index in [1.54, 1.807) is 12.1 Å². The van der Waals surface area contributed by atoms with Crippen LogP contribution in [0.2, 0.25) is 0 Å². The first-order valence-corrected chi connectivity index (χ1v) is 5.09. The molecule has 0 bridgehead atoms. The summed E-state index contributed by atoms with van der Waals surface area (Å²) in [7, 11) is 0. The zero-order valence-electron chi connectivity index (χ0n) is 9.06. The third-order valence-corrected chi connectivity index (χ3v) is 2.01. The van der Waals surface area contributed by atoms with Gasteiger partial charge in [0, 0.05) is 5.71 Å². The molecular formula is C12H15NO2. The number of ether oxygens (including phenoxy) is 1. The van der Waals surface area contributed by atoms with Crippen molar-refractivity contribution in [2.45, 2.75) is 26.7 Å². The second-order valence-electron chi connectivity index (χ2n) is 3.07. The molecule has 0 aliphatic rings. The number of nitrogens with zero attached hydrogens (tertiary/aromatic N) is 1. The van der Waals surface area contributed by atoms with Crippen LogP contribution in [-0.2, 0) is 0 Å². The molecule has 0 aliphatic heterocycles. The Labute approximate surface area is 89.8 Å². The summed E-state index contributed by atoms with van der Waals surface area (Å²) in [5.74, 6) is 0.526. The minimum absolute atomic E-state index is 0.526. The van der Waals surface area contributed by atoms with Crippen LogP contribution >= 0.6 is 0 Å². The van der Waals surface area contributed by atoms with Gasteiger partial charge in [-0.3, -0.25) is 0 Å². The zero-order chi connectivity index (χ0) is 11.1. The van der Waals surface area contributed by atoms with Gasteiger partial charge in [0.05, 0.1) is 0 Å². The van der Waals surface area contributed by atoms with E-state index in [4.69, 9.17) is 4.74 Å². The highest BCUT2D eigenvalue weighted by Crippen LogP contribution is 2.09. The van der Waals surface area contributed by atoms with Crippen LogP contribution in [0.1, 0.15) is 26.7 Å². The minimum Gasteiger partial charge on any atom is -0.409 e. The first-order chi connectivity index (χ1) is 7.26. The predicted molar refractivity (Wildman–Crippen MR) is 60.5 cm³/mol. The van der Waals surface area contributed by atoms with Crippen molar-refractivity contribution in [2.24, 2.45) is 4.99 Å². The molecule has 1 aromatic carbocycles. The van der Waals surface area contributed by atoms with Gasteiger partial charge < -0.3 is 4.74 Å². The predicted octanol–water partition coefficient (Wildman–Crippen LogP) is 3.45.